The third kappa shape index (κ3) is 3.88. The van der Waals surface area contributed by atoms with Gasteiger partial charge in [-0.15, -0.1) is 0 Å². The molecule has 0 bridgehead atoms. The van der Waals surface area contributed by atoms with E-state index in [1.165, 1.54) is 0 Å². The first-order chi connectivity index (χ1) is 11.8. The van der Waals surface area contributed by atoms with Gasteiger partial charge >= 0.3 is 0 Å². The largest absolute Gasteiger partial charge is 0.390 e. The first-order valence-electron chi connectivity index (χ1n) is 8.03. The summed E-state index contributed by atoms with van der Waals surface area (Å²) in [4.78, 5) is 11.3. The predicted octanol–water partition coefficient (Wildman–Crippen LogP) is 3.53. The summed E-state index contributed by atoms with van der Waals surface area (Å²) >= 11 is 0. The minimum Gasteiger partial charge on any atom is -0.390 e. The first-order valence-corrected chi connectivity index (χ1v) is 8.03. The lowest BCUT2D eigenvalue weighted by atomic mass is 9.98. The lowest BCUT2D eigenvalue weighted by Crippen LogP contribution is -2.32. The van der Waals surface area contributed by atoms with Crippen LogP contribution in [-0.4, -0.2) is 23.6 Å². The summed E-state index contributed by atoms with van der Waals surface area (Å²) in [7, 11) is 0. The van der Waals surface area contributed by atoms with Gasteiger partial charge in [-0.25, -0.2) is 0 Å². The number of hydrogen-bond acceptors (Lipinski definition) is 3. The number of benzene rings is 3. The van der Waals surface area contributed by atoms with Gasteiger partial charge in [-0.1, -0.05) is 72.8 Å². The smallest absolute Gasteiger partial charge is 0.151 e. The molecule has 3 aromatic rings. The van der Waals surface area contributed by atoms with Crippen LogP contribution in [0.1, 0.15) is 11.1 Å². The number of fused-ring (bicyclic) bond motifs is 1. The number of ether oxygens (including phenoxy) is 1. The topological polar surface area (TPSA) is 46.5 Å². The second-order valence-electron chi connectivity index (χ2n) is 5.81. The summed E-state index contributed by atoms with van der Waals surface area (Å²) in [5.74, 6) is 0. The maximum Gasteiger partial charge on any atom is 0.151 e. The van der Waals surface area contributed by atoms with E-state index >= 15 is 0 Å². The van der Waals surface area contributed by atoms with Gasteiger partial charge in [-0.05, 0) is 21.9 Å². The molecule has 0 aliphatic carbocycles. The fourth-order valence-electron chi connectivity index (χ4n) is 2.82. The maximum atomic E-state index is 11.3. The fraction of sp³-hybridized carbons (Fsp3) is 0.190. The molecule has 0 aliphatic rings. The van der Waals surface area contributed by atoms with Crippen LogP contribution < -0.4 is 0 Å². The predicted molar refractivity (Wildman–Crippen MR) is 94.7 cm³/mol. The zero-order valence-corrected chi connectivity index (χ0v) is 13.3. The molecule has 122 valence electrons. The van der Waals surface area contributed by atoms with Crippen LogP contribution in [-0.2, 0) is 22.6 Å². The molecule has 0 aromatic heterocycles. The van der Waals surface area contributed by atoms with Crippen molar-refractivity contribution in [3.05, 3.63) is 83.9 Å². The molecule has 0 spiro atoms. The molecule has 0 amide bonds. The zero-order chi connectivity index (χ0) is 16.8. The quantitative estimate of drug-likeness (QED) is 0.678. The van der Waals surface area contributed by atoms with Gasteiger partial charge in [0, 0.05) is 6.42 Å². The molecular weight excluding hydrogens is 300 g/mol. The number of carbonyl (C=O) groups excluding carboxylic acids is 1. The summed E-state index contributed by atoms with van der Waals surface area (Å²) in [5.41, 5.74) is 1.98. The summed E-state index contributed by atoms with van der Waals surface area (Å²) in [6.07, 6.45) is -0.667. The Labute approximate surface area is 141 Å². The molecule has 2 atom stereocenters. The summed E-state index contributed by atoms with van der Waals surface area (Å²) in [6, 6.07) is 23.6. The first kappa shape index (κ1) is 16.4. The molecule has 3 aromatic carbocycles. The zero-order valence-electron chi connectivity index (χ0n) is 13.3. The van der Waals surface area contributed by atoms with Crippen molar-refractivity contribution in [2.24, 2.45) is 0 Å². The minimum atomic E-state index is -0.878. The van der Waals surface area contributed by atoms with E-state index in [9.17, 15) is 9.90 Å². The average molecular weight is 320 g/mol. The van der Waals surface area contributed by atoms with Crippen molar-refractivity contribution < 1.29 is 14.6 Å². The monoisotopic (exact) mass is 320 g/mol. The van der Waals surface area contributed by atoms with E-state index in [-0.39, 0.29) is 0 Å². The van der Waals surface area contributed by atoms with Crippen molar-refractivity contribution >= 4 is 17.1 Å². The standard InChI is InChI=1S/C21H20O3/c22-14-21(24-15-16-7-2-1-3-8-16)20(23)13-18-11-6-10-17-9-4-5-12-19(17)18/h1-12,14,20-21,23H,13,15H2. The Bertz CT molecular complexity index is 793. The molecule has 24 heavy (non-hydrogen) atoms. The van der Waals surface area contributed by atoms with E-state index in [4.69, 9.17) is 4.74 Å². The summed E-state index contributed by atoms with van der Waals surface area (Å²) in [6.45, 7) is 0.302. The Morgan fingerprint density at radius 1 is 0.917 bits per heavy atom. The molecule has 0 aliphatic heterocycles. The van der Waals surface area contributed by atoms with Gasteiger partial charge in [0.2, 0.25) is 0 Å². The van der Waals surface area contributed by atoms with Gasteiger partial charge in [-0.3, -0.25) is 0 Å². The van der Waals surface area contributed by atoms with Gasteiger partial charge < -0.3 is 14.6 Å². The molecule has 0 heterocycles. The molecule has 3 heteroatoms. The lowest BCUT2D eigenvalue weighted by Gasteiger charge is -2.19. The van der Waals surface area contributed by atoms with Crippen LogP contribution in [0.25, 0.3) is 10.8 Å². The third-order valence-corrected chi connectivity index (χ3v) is 4.11. The van der Waals surface area contributed by atoms with E-state index in [1.807, 2.05) is 72.8 Å². The number of rotatable bonds is 7. The SMILES string of the molecule is O=CC(OCc1ccccc1)C(O)Cc1cccc2ccccc12. The number of aliphatic hydroxyl groups excluding tert-OH is 1. The van der Waals surface area contributed by atoms with E-state index < -0.39 is 12.2 Å². The molecule has 3 rings (SSSR count). The molecule has 2 unspecified atom stereocenters. The molecular formula is C21H20O3. The van der Waals surface area contributed by atoms with Gasteiger partial charge in [0.15, 0.2) is 6.29 Å². The van der Waals surface area contributed by atoms with Crippen molar-refractivity contribution in [1.82, 2.24) is 0 Å². The second-order valence-corrected chi connectivity index (χ2v) is 5.81. The van der Waals surface area contributed by atoms with Crippen molar-refractivity contribution in [2.45, 2.75) is 25.2 Å². The third-order valence-electron chi connectivity index (χ3n) is 4.11. The Balaban J connectivity index is 1.69. The van der Waals surface area contributed by atoms with Gasteiger partial charge in [0.25, 0.3) is 0 Å². The Hall–Kier alpha value is -2.49. The van der Waals surface area contributed by atoms with Crippen LogP contribution in [0.3, 0.4) is 0 Å². The number of carbonyl (C=O) groups is 1. The maximum absolute atomic E-state index is 11.3. The Kier molecular flexibility index (Phi) is 5.36. The summed E-state index contributed by atoms with van der Waals surface area (Å²) < 4.78 is 5.61. The van der Waals surface area contributed by atoms with Crippen LogP contribution in [0.4, 0.5) is 0 Å². The number of aldehydes is 1. The molecule has 1 N–H and O–H groups in total. The Morgan fingerprint density at radius 3 is 2.42 bits per heavy atom. The van der Waals surface area contributed by atoms with Gasteiger partial charge in [-0.2, -0.15) is 0 Å². The number of aliphatic hydroxyl groups is 1. The highest BCUT2D eigenvalue weighted by Crippen LogP contribution is 2.21. The van der Waals surface area contributed by atoms with Crippen LogP contribution in [0.5, 0.6) is 0 Å². The average Bonchev–Trinajstić information content (AvgIpc) is 2.63. The van der Waals surface area contributed by atoms with Crippen molar-refractivity contribution in [1.29, 1.82) is 0 Å². The molecule has 0 saturated heterocycles. The molecule has 3 nitrogen and oxygen atoms in total. The van der Waals surface area contributed by atoms with Crippen LogP contribution >= 0.6 is 0 Å². The van der Waals surface area contributed by atoms with Gasteiger partial charge in [0.1, 0.15) is 6.10 Å². The fourth-order valence-corrected chi connectivity index (χ4v) is 2.82. The molecule has 0 fully saturated rings. The van der Waals surface area contributed by atoms with E-state index in [1.54, 1.807) is 0 Å². The Morgan fingerprint density at radius 2 is 1.62 bits per heavy atom. The van der Waals surface area contributed by atoms with Crippen molar-refractivity contribution in [3.63, 3.8) is 0 Å². The lowest BCUT2D eigenvalue weighted by molar-refractivity contribution is -0.126. The number of hydrogen-bond donors (Lipinski definition) is 1. The van der Waals surface area contributed by atoms with E-state index in [0.717, 1.165) is 21.9 Å². The molecule has 0 saturated carbocycles. The molecule has 0 radical (unpaired) electrons. The second kappa shape index (κ2) is 7.86. The van der Waals surface area contributed by atoms with E-state index in [2.05, 4.69) is 0 Å². The van der Waals surface area contributed by atoms with Crippen LogP contribution in [0.2, 0.25) is 0 Å². The highest BCUT2D eigenvalue weighted by atomic mass is 16.5. The minimum absolute atomic E-state index is 0.302. The van der Waals surface area contributed by atoms with Crippen LogP contribution in [0, 0.1) is 0 Å². The highest BCUT2D eigenvalue weighted by Gasteiger charge is 2.20. The summed E-state index contributed by atoms with van der Waals surface area (Å²) in [5, 5.41) is 12.7. The normalized spacial score (nSPS) is 13.5. The van der Waals surface area contributed by atoms with Gasteiger partial charge in [0.05, 0.1) is 12.7 Å². The van der Waals surface area contributed by atoms with Crippen LogP contribution in [0.15, 0.2) is 72.8 Å². The highest BCUT2D eigenvalue weighted by molar-refractivity contribution is 5.85. The van der Waals surface area contributed by atoms with Crippen molar-refractivity contribution in [2.75, 3.05) is 0 Å². The van der Waals surface area contributed by atoms with Crippen molar-refractivity contribution in [3.8, 4) is 0 Å². The van der Waals surface area contributed by atoms with E-state index in [0.29, 0.717) is 19.3 Å².